The maximum atomic E-state index is 3.71. The summed E-state index contributed by atoms with van der Waals surface area (Å²) in [5.74, 6) is 0. The molecule has 0 amide bonds. The number of nitrogens with zero attached hydrogens (tertiary/aromatic N) is 2. The van der Waals surface area contributed by atoms with E-state index >= 15 is 0 Å². The van der Waals surface area contributed by atoms with E-state index in [9.17, 15) is 0 Å². The molecule has 0 saturated carbocycles. The van der Waals surface area contributed by atoms with E-state index in [0.29, 0.717) is 5.54 Å². The van der Waals surface area contributed by atoms with Crippen molar-refractivity contribution < 1.29 is 0 Å². The molecule has 104 valence electrons. The molecule has 0 aromatic heterocycles. The Kier molecular flexibility index (Phi) is 3.65. The molecule has 3 heteroatoms. The van der Waals surface area contributed by atoms with Gasteiger partial charge in [-0.2, -0.15) is 0 Å². The Morgan fingerprint density at radius 2 is 1.94 bits per heavy atom. The molecule has 3 aliphatic rings. The van der Waals surface area contributed by atoms with Crippen molar-refractivity contribution in [2.75, 3.05) is 32.7 Å². The van der Waals surface area contributed by atoms with Gasteiger partial charge in [0, 0.05) is 37.3 Å². The highest BCUT2D eigenvalue weighted by Crippen LogP contribution is 2.30. The minimum atomic E-state index is 0.352. The van der Waals surface area contributed by atoms with Crippen molar-refractivity contribution in [3.05, 3.63) is 0 Å². The average molecular weight is 251 g/mol. The third kappa shape index (κ3) is 2.45. The number of piperazine rings is 1. The number of piperidine rings is 1. The predicted molar refractivity (Wildman–Crippen MR) is 75.9 cm³/mol. The van der Waals surface area contributed by atoms with E-state index in [1.165, 1.54) is 64.8 Å². The summed E-state index contributed by atoms with van der Waals surface area (Å²) in [7, 11) is 0. The van der Waals surface area contributed by atoms with E-state index in [-0.39, 0.29) is 0 Å². The fourth-order valence-corrected chi connectivity index (χ4v) is 4.17. The van der Waals surface area contributed by atoms with Crippen molar-refractivity contribution in [1.82, 2.24) is 15.1 Å². The highest BCUT2D eigenvalue weighted by molar-refractivity contribution is 4.96. The maximum Gasteiger partial charge on any atom is 0.0278 e. The van der Waals surface area contributed by atoms with Crippen LogP contribution in [0.4, 0.5) is 0 Å². The SMILES string of the molecule is CCC1(C)CN(C2CCN3CCCC3C2)CCN1. The van der Waals surface area contributed by atoms with Crippen LogP contribution >= 0.6 is 0 Å². The van der Waals surface area contributed by atoms with Gasteiger partial charge in [-0.1, -0.05) is 6.92 Å². The van der Waals surface area contributed by atoms with Crippen LogP contribution in [0.2, 0.25) is 0 Å². The number of hydrogen-bond acceptors (Lipinski definition) is 3. The quantitative estimate of drug-likeness (QED) is 0.806. The van der Waals surface area contributed by atoms with Gasteiger partial charge >= 0.3 is 0 Å². The molecular weight excluding hydrogens is 222 g/mol. The summed E-state index contributed by atoms with van der Waals surface area (Å²) in [4.78, 5) is 5.52. The zero-order valence-electron chi connectivity index (χ0n) is 12.1. The summed E-state index contributed by atoms with van der Waals surface area (Å²) in [5.41, 5.74) is 0.352. The van der Waals surface area contributed by atoms with Gasteiger partial charge in [0.05, 0.1) is 0 Å². The minimum Gasteiger partial charge on any atom is -0.309 e. The number of rotatable bonds is 2. The van der Waals surface area contributed by atoms with Gasteiger partial charge in [-0.15, -0.1) is 0 Å². The lowest BCUT2D eigenvalue weighted by Gasteiger charge is -2.47. The lowest BCUT2D eigenvalue weighted by molar-refractivity contribution is 0.0456. The normalized spacial score (nSPS) is 43.0. The van der Waals surface area contributed by atoms with E-state index in [2.05, 4.69) is 29.0 Å². The summed E-state index contributed by atoms with van der Waals surface area (Å²) < 4.78 is 0. The highest BCUT2D eigenvalue weighted by atomic mass is 15.3. The van der Waals surface area contributed by atoms with E-state index < -0.39 is 0 Å². The van der Waals surface area contributed by atoms with Crippen LogP contribution in [0.15, 0.2) is 0 Å². The molecule has 0 aromatic carbocycles. The molecule has 3 aliphatic heterocycles. The molecule has 18 heavy (non-hydrogen) atoms. The lowest BCUT2D eigenvalue weighted by Crippen LogP contribution is -2.62. The molecule has 0 bridgehead atoms. The van der Waals surface area contributed by atoms with Gasteiger partial charge in [0.2, 0.25) is 0 Å². The Labute approximate surface area is 112 Å². The number of fused-ring (bicyclic) bond motifs is 1. The van der Waals surface area contributed by atoms with Crippen LogP contribution < -0.4 is 5.32 Å². The Bertz CT molecular complexity index is 293. The maximum absolute atomic E-state index is 3.71. The van der Waals surface area contributed by atoms with Gasteiger partial charge in [-0.3, -0.25) is 4.90 Å². The fourth-order valence-electron chi connectivity index (χ4n) is 4.17. The van der Waals surface area contributed by atoms with Gasteiger partial charge in [0.1, 0.15) is 0 Å². The van der Waals surface area contributed by atoms with Gasteiger partial charge in [-0.25, -0.2) is 0 Å². The van der Waals surface area contributed by atoms with Crippen molar-refractivity contribution in [1.29, 1.82) is 0 Å². The standard InChI is InChI=1S/C15H29N3/c1-3-15(2)12-18(10-7-16-15)14-6-9-17-8-4-5-13(17)11-14/h13-14,16H,3-12H2,1-2H3. The first-order valence-corrected chi connectivity index (χ1v) is 7.93. The second kappa shape index (κ2) is 5.10. The largest absolute Gasteiger partial charge is 0.309 e. The van der Waals surface area contributed by atoms with Crippen LogP contribution in [0.1, 0.15) is 46.0 Å². The Hall–Kier alpha value is -0.120. The smallest absolute Gasteiger partial charge is 0.0278 e. The van der Waals surface area contributed by atoms with E-state index in [4.69, 9.17) is 0 Å². The fraction of sp³-hybridized carbons (Fsp3) is 1.00. The molecule has 3 fully saturated rings. The molecule has 3 unspecified atom stereocenters. The van der Waals surface area contributed by atoms with Crippen LogP contribution in [0.3, 0.4) is 0 Å². The van der Waals surface area contributed by atoms with Crippen LogP contribution in [-0.2, 0) is 0 Å². The molecule has 0 aromatic rings. The van der Waals surface area contributed by atoms with Crippen LogP contribution in [0.5, 0.6) is 0 Å². The number of hydrogen-bond donors (Lipinski definition) is 1. The Balaban J connectivity index is 1.61. The molecule has 0 spiro atoms. The van der Waals surface area contributed by atoms with Gasteiger partial charge in [-0.05, 0) is 52.1 Å². The monoisotopic (exact) mass is 251 g/mol. The van der Waals surface area contributed by atoms with E-state index in [1.807, 2.05) is 0 Å². The van der Waals surface area contributed by atoms with E-state index in [0.717, 1.165) is 12.1 Å². The summed E-state index contributed by atoms with van der Waals surface area (Å²) >= 11 is 0. The van der Waals surface area contributed by atoms with Crippen LogP contribution in [-0.4, -0.2) is 60.1 Å². The zero-order chi connectivity index (χ0) is 12.6. The van der Waals surface area contributed by atoms with Gasteiger partial charge < -0.3 is 10.2 Å². The Morgan fingerprint density at radius 3 is 2.78 bits per heavy atom. The summed E-state index contributed by atoms with van der Waals surface area (Å²) in [6, 6.07) is 1.77. The second-order valence-corrected chi connectivity index (χ2v) is 6.82. The van der Waals surface area contributed by atoms with Gasteiger partial charge in [0.25, 0.3) is 0 Å². The van der Waals surface area contributed by atoms with Crippen molar-refractivity contribution >= 4 is 0 Å². The topological polar surface area (TPSA) is 18.5 Å². The minimum absolute atomic E-state index is 0.352. The number of nitrogens with one attached hydrogen (secondary N) is 1. The molecule has 0 aliphatic carbocycles. The molecule has 3 heterocycles. The molecule has 1 N–H and O–H groups in total. The Morgan fingerprint density at radius 1 is 1.11 bits per heavy atom. The molecule has 3 nitrogen and oxygen atoms in total. The molecule has 0 radical (unpaired) electrons. The average Bonchev–Trinajstić information content (AvgIpc) is 2.86. The first-order valence-electron chi connectivity index (χ1n) is 7.93. The summed E-state index contributed by atoms with van der Waals surface area (Å²) in [6.07, 6.45) is 6.96. The van der Waals surface area contributed by atoms with Crippen LogP contribution in [0, 0.1) is 0 Å². The van der Waals surface area contributed by atoms with Crippen LogP contribution in [0.25, 0.3) is 0 Å². The molecule has 3 rings (SSSR count). The lowest BCUT2D eigenvalue weighted by atomic mass is 9.91. The molecular formula is C15H29N3. The first kappa shape index (κ1) is 12.9. The zero-order valence-corrected chi connectivity index (χ0v) is 12.1. The van der Waals surface area contributed by atoms with E-state index in [1.54, 1.807) is 0 Å². The third-order valence-electron chi connectivity index (χ3n) is 5.59. The molecule has 3 saturated heterocycles. The third-order valence-corrected chi connectivity index (χ3v) is 5.59. The van der Waals surface area contributed by atoms with Gasteiger partial charge in [0.15, 0.2) is 0 Å². The summed E-state index contributed by atoms with van der Waals surface area (Å²) in [5, 5.41) is 3.71. The highest BCUT2D eigenvalue weighted by Gasteiger charge is 2.37. The van der Waals surface area contributed by atoms with Crippen molar-refractivity contribution in [3.63, 3.8) is 0 Å². The van der Waals surface area contributed by atoms with Crippen molar-refractivity contribution in [2.24, 2.45) is 0 Å². The second-order valence-electron chi connectivity index (χ2n) is 6.82. The van der Waals surface area contributed by atoms with Crippen molar-refractivity contribution in [3.8, 4) is 0 Å². The molecule has 3 atom stereocenters. The first-order chi connectivity index (χ1) is 8.70. The summed E-state index contributed by atoms with van der Waals surface area (Å²) in [6.45, 7) is 11.1. The van der Waals surface area contributed by atoms with Crippen molar-refractivity contribution in [2.45, 2.75) is 63.6 Å². The predicted octanol–water partition coefficient (Wildman–Crippen LogP) is 1.69.